The Morgan fingerprint density at radius 1 is 1.27 bits per heavy atom. The zero-order valence-corrected chi connectivity index (χ0v) is 12.6. The Hall–Kier alpha value is -2.22. The van der Waals surface area contributed by atoms with Crippen LogP contribution in [-0.2, 0) is 22.1 Å². The van der Waals surface area contributed by atoms with Gasteiger partial charge in [0.2, 0.25) is 5.91 Å². The Morgan fingerprint density at radius 2 is 1.95 bits per heavy atom. The summed E-state index contributed by atoms with van der Waals surface area (Å²) in [6.45, 7) is -0.189. The summed E-state index contributed by atoms with van der Waals surface area (Å²) in [5.41, 5.74) is 1.54. The summed E-state index contributed by atoms with van der Waals surface area (Å²) < 4.78 is 36.6. The molecular formula is C14H14FN3O3S. The number of anilines is 1. The number of amides is 1. The number of carbonyl (C=O) groups is 1. The first kappa shape index (κ1) is 14.7. The van der Waals surface area contributed by atoms with E-state index in [1.165, 1.54) is 9.58 Å². The van der Waals surface area contributed by atoms with Crippen molar-refractivity contribution in [2.75, 3.05) is 11.4 Å². The van der Waals surface area contributed by atoms with Crippen LogP contribution in [0.15, 0.2) is 36.4 Å². The number of carbonyl (C=O) groups excluding carboxylic acids is 1. The van der Waals surface area contributed by atoms with Crippen molar-refractivity contribution in [3.63, 3.8) is 0 Å². The number of hydrogen-bond donors (Lipinski definition) is 0. The maximum Gasteiger partial charge on any atom is 0.307 e. The van der Waals surface area contributed by atoms with E-state index in [2.05, 4.69) is 5.10 Å². The quantitative estimate of drug-likeness (QED) is 0.802. The summed E-state index contributed by atoms with van der Waals surface area (Å²) in [4.78, 5) is 13.2. The highest BCUT2D eigenvalue weighted by Gasteiger charge is 2.40. The van der Waals surface area contributed by atoms with Crippen molar-refractivity contribution in [3.8, 4) is 11.3 Å². The van der Waals surface area contributed by atoms with Crippen LogP contribution in [0.1, 0.15) is 6.42 Å². The summed E-state index contributed by atoms with van der Waals surface area (Å²) in [5, 5.41) is 3.02. The molecule has 1 saturated heterocycles. The van der Waals surface area contributed by atoms with Gasteiger partial charge in [0, 0.05) is 31.6 Å². The molecule has 1 aromatic heterocycles. The first-order valence-corrected chi connectivity index (χ1v) is 8.14. The lowest BCUT2D eigenvalue weighted by molar-refractivity contribution is -0.117. The molecule has 8 heteroatoms. The number of benzene rings is 1. The molecule has 2 aromatic rings. The van der Waals surface area contributed by atoms with Crippen molar-refractivity contribution >= 4 is 21.9 Å². The van der Waals surface area contributed by atoms with E-state index in [9.17, 15) is 17.1 Å². The Morgan fingerprint density at radius 3 is 2.55 bits per heavy atom. The number of nitrogens with zero attached hydrogens (tertiary/aromatic N) is 3. The van der Waals surface area contributed by atoms with Gasteiger partial charge < -0.3 is 0 Å². The molecule has 116 valence electrons. The van der Waals surface area contributed by atoms with Crippen molar-refractivity contribution in [2.45, 2.75) is 11.7 Å². The van der Waals surface area contributed by atoms with Gasteiger partial charge in [-0.3, -0.25) is 14.4 Å². The Kier molecular flexibility index (Phi) is 3.48. The second-order valence-electron chi connectivity index (χ2n) is 5.18. The highest BCUT2D eigenvalue weighted by Crippen LogP contribution is 2.29. The molecule has 0 aliphatic carbocycles. The lowest BCUT2D eigenvalue weighted by Crippen LogP contribution is -2.28. The number of aryl methyl sites for hydroxylation is 1. The van der Waals surface area contributed by atoms with Gasteiger partial charge in [-0.05, 0) is 0 Å². The van der Waals surface area contributed by atoms with Crippen molar-refractivity contribution in [1.29, 1.82) is 0 Å². The van der Waals surface area contributed by atoms with Crippen LogP contribution in [0.4, 0.5) is 9.70 Å². The number of hydrogen-bond acceptors (Lipinski definition) is 4. The van der Waals surface area contributed by atoms with Gasteiger partial charge in [-0.2, -0.15) is 13.5 Å². The van der Waals surface area contributed by atoms with Gasteiger partial charge in [0.1, 0.15) is 11.1 Å². The third-order valence-corrected chi connectivity index (χ3v) is 4.80. The van der Waals surface area contributed by atoms with Crippen LogP contribution in [0.25, 0.3) is 11.3 Å². The molecule has 0 radical (unpaired) electrons. The van der Waals surface area contributed by atoms with E-state index in [1.54, 1.807) is 13.1 Å². The van der Waals surface area contributed by atoms with E-state index in [4.69, 9.17) is 0 Å². The molecule has 0 bridgehead atoms. The SMILES string of the molecule is Cn1nc(-c2ccccc2)cc1N1CC(S(=O)(=O)F)CC1=O. The van der Waals surface area contributed by atoms with E-state index in [1.807, 2.05) is 30.3 Å². The van der Waals surface area contributed by atoms with Gasteiger partial charge in [-0.25, -0.2) is 0 Å². The van der Waals surface area contributed by atoms with Crippen LogP contribution >= 0.6 is 0 Å². The van der Waals surface area contributed by atoms with Gasteiger partial charge in [0.15, 0.2) is 0 Å². The minimum absolute atomic E-state index is 0.189. The van der Waals surface area contributed by atoms with Crippen molar-refractivity contribution in [3.05, 3.63) is 36.4 Å². The number of halogens is 1. The third kappa shape index (κ3) is 2.61. The van der Waals surface area contributed by atoms with Crippen molar-refractivity contribution < 1.29 is 17.1 Å². The van der Waals surface area contributed by atoms with Crippen LogP contribution in [0.2, 0.25) is 0 Å². The molecular weight excluding hydrogens is 309 g/mol. The van der Waals surface area contributed by atoms with Crippen LogP contribution < -0.4 is 4.90 Å². The standard InChI is InChI=1S/C14H14FN3O3S/c1-17-13(8-12(16-17)10-5-3-2-4-6-10)18-9-11(7-14(18)19)22(15,20)21/h2-6,8,11H,7,9H2,1H3. The zero-order valence-electron chi connectivity index (χ0n) is 11.8. The zero-order chi connectivity index (χ0) is 15.9. The minimum atomic E-state index is -4.73. The topological polar surface area (TPSA) is 72.3 Å². The molecule has 3 rings (SSSR count). The first-order chi connectivity index (χ1) is 10.4. The van der Waals surface area contributed by atoms with Crippen LogP contribution in [0.5, 0.6) is 0 Å². The fourth-order valence-corrected chi connectivity index (χ4v) is 3.21. The van der Waals surface area contributed by atoms with E-state index in [0.29, 0.717) is 11.5 Å². The molecule has 1 aliphatic heterocycles. The molecule has 2 heterocycles. The summed E-state index contributed by atoms with van der Waals surface area (Å²) in [6, 6.07) is 11.1. The predicted octanol–water partition coefficient (Wildman–Crippen LogP) is 1.49. The van der Waals surface area contributed by atoms with E-state index >= 15 is 0 Å². The first-order valence-electron chi connectivity index (χ1n) is 6.69. The fraction of sp³-hybridized carbons (Fsp3) is 0.286. The second kappa shape index (κ2) is 5.20. The predicted molar refractivity (Wildman–Crippen MR) is 79.4 cm³/mol. The number of rotatable bonds is 3. The second-order valence-corrected chi connectivity index (χ2v) is 6.80. The monoisotopic (exact) mass is 323 g/mol. The Labute approximate surface area is 127 Å². The lowest BCUT2D eigenvalue weighted by atomic mass is 10.1. The van der Waals surface area contributed by atoms with Gasteiger partial charge in [0.05, 0.1) is 5.69 Å². The Bertz CT molecular complexity index is 817. The molecule has 0 saturated carbocycles. The molecule has 1 unspecified atom stereocenters. The number of aromatic nitrogens is 2. The van der Waals surface area contributed by atoms with Crippen LogP contribution in [-0.4, -0.2) is 35.9 Å². The maximum atomic E-state index is 13.1. The summed E-state index contributed by atoms with van der Waals surface area (Å²) in [7, 11) is -3.07. The van der Waals surface area contributed by atoms with E-state index in [0.717, 1.165) is 5.56 Å². The molecule has 6 nitrogen and oxygen atoms in total. The van der Waals surface area contributed by atoms with E-state index < -0.39 is 21.4 Å². The average Bonchev–Trinajstić information content (AvgIpc) is 3.02. The fourth-order valence-electron chi connectivity index (χ4n) is 2.54. The smallest absolute Gasteiger partial charge is 0.296 e. The van der Waals surface area contributed by atoms with Gasteiger partial charge in [0.25, 0.3) is 0 Å². The van der Waals surface area contributed by atoms with Gasteiger partial charge in [-0.15, -0.1) is 3.89 Å². The van der Waals surface area contributed by atoms with Gasteiger partial charge in [-0.1, -0.05) is 30.3 Å². The molecule has 1 fully saturated rings. The van der Waals surface area contributed by atoms with E-state index in [-0.39, 0.29) is 13.0 Å². The Balaban J connectivity index is 1.93. The summed E-state index contributed by atoms with van der Waals surface area (Å²) in [6.07, 6.45) is -0.343. The molecule has 22 heavy (non-hydrogen) atoms. The highest BCUT2D eigenvalue weighted by atomic mass is 32.3. The molecule has 1 aromatic carbocycles. The highest BCUT2D eigenvalue weighted by molar-refractivity contribution is 7.87. The summed E-state index contributed by atoms with van der Waals surface area (Å²) >= 11 is 0. The third-order valence-electron chi connectivity index (χ3n) is 3.69. The van der Waals surface area contributed by atoms with Crippen LogP contribution in [0, 0.1) is 0 Å². The van der Waals surface area contributed by atoms with Crippen LogP contribution in [0.3, 0.4) is 0 Å². The minimum Gasteiger partial charge on any atom is -0.296 e. The molecule has 1 atom stereocenters. The molecule has 0 spiro atoms. The molecule has 1 aliphatic rings. The largest absolute Gasteiger partial charge is 0.307 e. The summed E-state index contributed by atoms with van der Waals surface area (Å²) in [5.74, 6) is 0.0313. The van der Waals surface area contributed by atoms with Crippen molar-refractivity contribution in [1.82, 2.24) is 9.78 Å². The van der Waals surface area contributed by atoms with Gasteiger partial charge >= 0.3 is 10.2 Å². The normalized spacial score (nSPS) is 18.9. The average molecular weight is 323 g/mol. The maximum absolute atomic E-state index is 13.1. The molecule has 1 amide bonds. The van der Waals surface area contributed by atoms with Crippen molar-refractivity contribution in [2.24, 2.45) is 7.05 Å². The lowest BCUT2D eigenvalue weighted by Gasteiger charge is -2.15. The molecule has 0 N–H and O–H groups in total.